The second-order valence-electron chi connectivity index (χ2n) is 4.19. The Bertz CT molecular complexity index is 569. The fourth-order valence-electron chi connectivity index (χ4n) is 2.04. The molecule has 96 valence electrons. The van der Waals surface area contributed by atoms with Gasteiger partial charge in [0.2, 0.25) is 0 Å². The van der Waals surface area contributed by atoms with Crippen LogP contribution in [0.25, 0.3) is 10.9 Å². The van der Waals surface area contributed by atoms with Gasteiger partial charge in [0.25, 0.3) is 0 Å². The number of hydrogen-bond donors (Lipinski definition) is 1. The number of anilines is 1. The van der Waals surface area contributed by atoms with E-state index in [4.69, 9.17) is 0 Å². The molecule has 0 amide bonds. The van der Waals surface area contributed by atoms with Gasteiger partial charge in [0.15, 0.2) is 0 Å². The van der Waals surface area contributed by atoms with E-state index in [0.29, 0.717) is 5.52 Å². The van der Waals surface area contributed by atoms with E-state index < -0.39 is 0 Å². The highest BCUT2D eigenvalue weighted by Gasteiger charge is 2.12. The molecule has 4 heteroatoms. The molecule has 2 aromatic rings. The van der Waals surface area contributed by atoms with Gasteiger partial charge >= 0.3 is 0 Å². The van der Waals surface area contributed by atoms with Crippen LogP contribution in [0.2, 0.25) is 0 Å². The van der Waals surface area contributed by atoms with E-state index in [0.717, 1.165) is 40.6 Å². The van der Waals surface area contributed by atoms with Crippen molar-refractivity contribution in [3.63, 3.8) is 0 Å². The maximum Gasteiger partial charge on any atom is 0.149 e. The fraction of sp³-hybridized carbons (Fsp3) is 0.357. The third kappa shape index (κ3) is 2.48. The number of nitrogens with zero attached hydrogens (tertiary/aromatic N) is 1. The van der Waals surface area contributed by atoms with Crippen LogP contribution >= 0.6 is 15.9 Å². The van der Waals surface area contributed by atoms with Crippen molar-refractivity contribution in [3.05, 3.63) is 34.2 Å². The van der Waals surface area contributed by atoms with E-state index in [1.54, 1.807) is 6.07 Å². The van der Waals surface area contributed by atoms with E-state index in [1.807, 2.05) is 13.0 Å². The van der Waals surface area contributed by atoms with Gasteiger partial charge in [-0.1, -0.05) is 29.3 Å². The summed E-state index contributed by atoms with van der Waals surface area (Å²) in [6.45, 7) is 4.92. The third-order valence-corrected chi connectivity index (χ3v) is 3.45. The molecule has 0 fully saturated rings. The molecule has 0 aliphatic heterocycles. The highest BCUT2D eigenvalue weighted by Crippen LogP contribution is 2.32. The van der Waals surface area contributed by atoms with Crippen LogP contribution in [0.1, 0.15) is 26.0 Å². The smallest absolute Gasteiger partial charge is 0.149 e. The fourth-order valence-corrected chi connectivity index (χ4v) is 2.57. The Kier molecular flexibility index (Phi) is 4.17. The lowest BCUT2D eigenvalue weighted by molar-refractivity contribution is 0.636. The van der Waals surface area contributed by atoms with E-state index >= 15 is 0 Å². The number of aromatic nitrogens is 1. The van der Waals surface area contributed by atoms with Crippen LogP contribution in [0.5, 0.6) is 0 Å². The Hall–Kier alpha value is -1.16. The molecule has 18 heavy (non-hydrogen) atoms. The van der Waals surface area contributed by atoms with Gasteiger partial charge in [0.05, 0.1) is 0 Å². The van der Waals surface area contributed by atoms with Crippen LogP contribution in [-0.2, 0) is 6.42 Å². The van der Waals surface area contributed by atoms with E-state index in [1.165, 1.54) is 6.07 Å². The van der Waals surface area contributed by atoms with Gasteiger partial charge in [-0.05, 0) is 31.5 Å². The van der Waals surface area contributed by atoms with Crippen molar-refractivity contribution in [3.8, 4) is 0 Å². The van der Waals surface area contributed by atoms with Gasteiger partial charge in [-0.25, -0.2) is 9.37 Å². The van der Waals surface area contributed by atoms with Gasteiger partial charge in [0.1, 0.15) is 11.3 Å². The molecule has 0 bridgehead atoms. The minimum absolute atomic E-state index is 0.273. The summed E-state index contributed by atoms with van der Waals surface area (Å²) in [7, 11) is 0. The minimum atomic E-state index is -0.273. The van der Waals surface area contributed by atoms with Gasteiger partial charge in [-0.15, -0.1) is 0 Å². The quantitative estimate of drug-likeness (QED) is 0.898. The number of aryl methyl sites for hydroxylation is 1. The third-order valence-electron chi connectivity index (χ3n) is 2.79. The maximum absolute atomic E-state index is 13.9. The van der Waals surface area contributed by atoms with Crippen LogP contribution < -0.4 is 5.32 Å². The summed E-state index contributed by atoms with van der Waals surface area (Å²) in [5, 5.41) is 4.10. The molecule has 0 saturated heterocycles. The van der Waals surface area contributed by atoms with Crippen LogP contribution in [-0.4, -0.2) is 11.5 Å². The first-order chi connectivity index (χ1) is 8.67. The van der Waals surface area contributed by atoms with Gasteiger partial charge < -0.3 is 5.32 Å². The lowest BCUT2D eigenvalue weighted by Crippen LogP contribution is -2.02. The van der Waals surface area contributed by atoms with Crippen molar-refractivity contribution < 1.29 is 4.39 Å². The standard InChI is InChI=1S/C14H16BrFN2/c1-3-5-9-8-12(17-4-2)13-10(15)6-7-11(16)14(13)18-9/h6-8H,3-5H2,1-2H3,(H,17,18). The molecule has 0 saturated carbocycles. The Morgan fingerprint density at radius 1 is 1.33 bits per heavy atom. The van der Waals surface area contributed by atoms with Crippen molar-refractivity contribution in [1.29, 1.82) is 0 Å². The summed E-state index contributed by atoms with van der Waals surface area (Å²) in [5.41, 5.74) is 2.31. The first-order valence-electron chi connectivity index (χ1n) is 6.18. The highest BCUT2D eigenvalue weighted by molar-refractivity contribution is 9.10. The van der Waals surface area contributed by atoms with Gasteiger partial charge in [-0.3, -0.25) is 0 Å². The molecule has 0 unspecified atom stereocenters. The molecule has 0 spiro atoms. The average Bonchev–Trinajstić information content (AvgIpc) is 2.34. The molecule has 1 N–H and O–H groups in total. The molecule has 2 rings (SSSR count). The molecule has 0 atom stereocenters. The number of benzene rings is 1. The molecule has 0 radical (unpaired) electrons. The van der Waals surface area contributed by atoms with Crippen molar-refractivity contribution in [2.45, 2.75) is 26.7 Å². The Labute approximate surface area is 115 Å². The zero-order valence-electron chi connectivity index (χ0n) is 10.6. The van der Waals surface area contributed by atoms with E-state index in [2.05, 4.69) is 33.2 Å². The SMILES string of the molecule is CCCc1cc(NCC)c2c(Br)ccc(F)c2n1. The number of rotatable bonds is 4. The predicted molar refractivity (Wildman–Crippen MR) is 77.6 cm³/mol. The Balaban J connectivity index is 2.72. The van der Waals surface area contributed by atoms with Crippen molar-refractivity contribution in [2.24, 2.45) is 0 Å². The lowest BCUT2D eigenvalue weighted by Gasteiger charge is -2.12. The molecular formula is C14H16BrFN2. The summed E-state index contributed by atoms with van der Waals surface area (Å²) in [5.74, 6) is -0.273. The average molecular weight is 311 g/mol. The van der Waals surface area contributed by atoms with Crippen LogP contribution in [0.3, 0.4) is 0 Å². The van der Waals surface area contributed by atoms with Crippen LogP contribution in [0.15, 0.2) is 22.7 Å². The second-order valence-corrected chi connectivity index (χ2v) is 5.05. The predicted octanol–water partition coefficient (Wildman–Crippen LogP) is 4.52. The zero-order valence-corrected chi connectivity index (χ0v) is 12.1. The van der Waals surface area contributed by atoms with Crippen LogP contribution in [0.4, 0.5) is 10.1 Å². The van der Waals surface area contributed by atoms with E-state index in [-0.39, 0.29) is 5.82 Å². The van der Waals surface area contributed by atoms with Crippen molar-refractivity contribution in [2.75, 3.05) is 11.9 Å². The Morgan fingerprint density at radius 2 is 2.11 bits per heavy atom. The summed E-state index contributed by atoms with van der Waals surface area (Å²) < 4.78 is 14.8. The molecule has 1 aromatic heterocycles. The topological polar surface area (TPSA) is 24.9 Å². The summed E-state index contributed by atoms with van der Waals surface area (Å²) in [6.07, 6.45) is 1.86. The van der Waals surface area contributed by atoms with Crippen molar-refractivity contribution >= 4 is 32.5 Å². The van der Waals surface area contributed by atoms with E-state index in [9.17, 15) is 4.39 Å². The number of hydrogen-bond acceptors (Lipinski definition) is 2. The molecule has 1 aromatic carbocycles. The van der Waals surface area contributed by atoms with Crippen LogP contribution in [0, 0.1) is 5.82 Å². The molecule has 0 aliphatic carbocycles. The van der Waals surface area contributed by atoms with Gasteiger partial charge in [-0.2, -0.15) is 0 Å². The largest absolute Gasteiger partial charge is 0.385 e. The first-order valence-corrected chi connectivity index (χ1v) is 6.98. The number of pyridine rings is 1. The monoisotopic (exact) mass is 310 g/mol. The summed E-state index contributed by atoms with van der Waals surface area (Å²) >= 11 is 3.47. The first kappa shape index (κ1) is 13.3. The minimum Gasteiger partial charge on any atom is -0.385 e. The lowest BCUT2D eigenvalue weighted by atomic mass is 10.1. The van der Waals surface area contributed by atoms with Gasteiger partial charge in [0, 0.05) is 27.8 Å². The summed E-state index contributed by atoms with van der Waals surface area (Å²) in [4.78, 5) is 4.42. The Morgan fingerprint density at radius 3 is 2.78 bits per heavy atom. The molecule has 1 heterocycles. The highest BCUT2D eigenvalue weighted by atomic mass is 79.9. The molecule has 0 aliphatic rings. The second kappa shape index (κ2) is 5.65. The summed E-state index contributed by atoms with van der Waals surface area (Å²) in [6, 6.07) is 5.18. The number of fused-ring (bicyclic) bond motifs is 1. The van der Waals surface area contributed by atoms with Crippen molar-refractivity contribution in [1.82, 2.24) is 4.98 Å². The maximum atomic E-state index is 13.9. The normalized spacial score (nSPS) is 10.9. The zero-order chi connectivity index (χ0) is 13.1. The molecular weight excluding hydrogens is 295 g/mol. The number of halogens is 2. The molecule has 2 nitrogen and oxygen atoms in total. The number of nitrogens with one attached hydrogen (secondary N) is 1.